The molecule has 0 radical (unpaired) electrons. The van der Waals surface area contributed by atoms with Gasteiger partial charge in [0, 0.05) is 6.54 Å². The molecular formula is C10H18N2O4. The molecule has 1 atom stereocenters. The summed E-state index contributed by atoms with van der Waals surface area (Å²) in [5.41, 5.74) is 2.64. The molecule has 1 heterocycles. The minimum atomic E-state index is -0.939. The van der Waals surface area contributed by atoms with Crippen molar-refractivity contribution in [2.24, 2.45) is 0 Å². The Labute approximate surface area is 94.5 Å². The van der Waals surface area contributed by atoms with E-state index in [1.54, 1.807) is 0 Å². The van der Waals surface area contributed by atoms with Gasteiger partial charge in [-0.3, -0.25) is 4.79 Å². The van der Waals surface area contributed by atoms with Gasteiger partial charge in [-0.05, 0) is 19.3 Å². The summed E-state index contributed by atoms with van der Waals surface area (Å²) in [5.74, 6) is -0.939. The highest BCUT2D eigenvalue weighted by Crippen LogP contribution is 2.08. The van der Waals surface area contributed by atoms with Gasteiger partial charge in [0.25, 0.3) is 0 Å². The maximum Gasteiger partial charge on any atom is 0.424 e. The van der Waals surface area contributed by atoms with Crippen molar-refractivity contribution >= 4 is 12.1 Å². The Kier molecular flexibility index (Phi) is 5.04. The van der Waals surface area contributed by atoms with Crippen molar-refractivity contribution in [3.8, 4) is 0 Å². The van der Waals surface area contributed by atoms with Gasteiger partial charge in [-0.15, -0.1) is 0 Å². The van der Waals surface area contributed by atoms with E-state index < -0.39 is 18.1 Å². The minimum absolute atomic E-state index is 0.380. The standard InChI is InChI=1S/C10H18N2O4/c1-2-3-7-16-10(15)12-6-4-5-8(11-12)9(13)14/h8,11H,2-7H2,1H3,(H,13,14). The van der Waals surface area contributed by atoms with Crippen LogP contribution in [0.4, 0.5) is 4.79 Å². The Balaban J connectivity index is 2.35. The molecule has 0 spiro atoms. The number of carboxylic acids is 1. The van der Waals surface area contributed by atoms with Gasteiger partial charge in [0.1, 0.15) is 6.04 Å². The molecule has 0 aromatic heterocycles. The summed E-state index contributed by atoms with van der Waals surface area (Å²) in [7, 11) is 0. The first-order valence-corrected chi connectivity index (χ1v) is 5.58. The maximum absolute atomic E-state index is 11.5. The predicted octanol–water partition coefficient (Wildman–Crippen LogP) is 0.977. The van der Waals surface area contributed by atoms with Crippen molar-refractivity contribution < 1.29 is 19.4 Å². The van der Waals surface area contributed by atoms with Crippen LogP contribution in [0.5, 0.6) is 0 Å². The van der Waals surface area contributed by atoms with E-state index in [1.165, 1.54) is 5.01 Å². The molecule has 1 amide bonds. The van der Waals surface area contributed by atoms with Crippen LogP contribution in [0, 0.1) is 0 Å². The second kappa shape index (κ2) is 6.32. The number of nitrogens with one attached hydrogen (secondary N) is 1. The first kappa shape index (κ1) is 12.8. The highest BCUT2D eigenvalue weighted by Gasteiger charge is 2.28. The Morgan fingerprint density at radius 1 is 1.56 bits per heavy atom. The molecule has 0 bridgehead atoms. The number of carboxylic acid groups (broad SMARTS) is 1. The van der Waals surface area contributed by atoms with Gasteiger partial charge in [0.2, 0.25) is 0 Å². The molecule has 1 unspecified atom stereocenters. The molecule has 0 saturated carbocycles. The van der Waals surface area contributed by atoms with E-state index >= 15 is 0 Å². The lowest BCUT2D eigenvalue weighted by atomic mass is 10.1. The molecule has 16 heavy (non-hydrogen) atoms. The number of carbonyl (C=O) groups excluding carboxylic acids is 1. The fourth-order valence-electron chi connectivity index (χ4n) is 1.48. The quantitative estimate of drug-likeness (QED) is 0.704. The monoisotopic (exact) mass is 230 g/mol. The molecule has 1 fully saturated rings. The van der Waals surface area contributed by atoms with E-state index in [9.17, 15) is 9.59 Å². The third-order valence-electron chi connectivity index (χ3n) is 2.43. The van der Waals surface area contributed by atoms with E-state index in [2.05, 4.69) is 5.43 Å². The Bertz CT molecular complexity index is 257. The van der Waals surface area contributed by atoms with Crippen molar-refractivity contribution in [2.45, 2.75) is 38.6 Å². The minimum Gasteiger partial charge on any atom is -0.480 e. The largest absolute Gasteiger partial charge is 0.480 e. The van der Waals surface area contributed by atoms with Crippen LogP contribution in [-0.4, -0.2) is 41.4 Å². The highest BCUT2D eigenvalue weighted by atomic mass is 16.6. The van der Waals surface area contributed by atoms with Gasteiger partial charge >= 0.3 is 12.1 Å². The van der Waals surface area contributed by atoms with Crippen LogP contribution in [-0.2, 0) is 9.53 Å². The van der Waals surface area contributed by atoms with Gasteiger partial charge in [0.15, 0.2) is 0 Å². The molecule has 6 heteroatoms. The number of hydrogen-bond acceptors (Lipinski definition) is 4. The van der Waals surface area contributed by atoms with Crippen molar-refractivity contribution in [2.75, 3.05) is 13.2 Å². The topological polar surface area (TPSA) is 78.9 Å². The predicted molar refractivity (Wildman–Crippen MR) is 56.8 cm³/mol. The van der Waals surface area contributed by atoms with Crippen LogP contribution in [0.3, 0.4) is 0 Å². The number of ether oxygens (including phenoxy) is 1. The Hall–Kier alpha value is -1.30. The zero-order chi connectivity index (χ0) is 12.0. The van der Waals surface area contributed by atoms with Crippen LogP contribution in [0.15, 0.2) is 0 Å². The van der Waals surface area contributed by atoms with Gasteiger partial charge in [-0.1, -0.05) is 13.3 Å². The molecule has 2 N–H and O–H groups in total. The lowest BCUT2D eigenvalue weighted by Crippen LogP contribution is -2.55. The van der Waals surface area contributed by atoms with Gasteiger partial charge in [0.05, 0.1) is 6.61 Å². The average Bonchev–Trinajstić information content (AvgIpc) is 2.29. The number of amides is 1. The number of hydrogen-bond donors (Lipinski definition) is 2. The number of carbonyl (C=O) groups is 2. The molecule has 1 aliphatic rings. The summed E-state index contributed by atoms with van der Waals surface area (Å²) < 4.78 is 4.98. The number of unbranched alkanes of at least 4 members (excludes halogenated alkanes) is 1. The van der Waals surface area contributed by atoms with Crippen molar-refractivity contribution in [1.29, 1.82) is 0 Å². The van der Waals surface area contributed by atoms with Crippen LogP contribution in [0.25, 0.3) is 0 Å². The van der Waals surface area contributed by atoms with Crippen LogP contribution in [0.2, 0.25) is 0 Å². The number of nitrogens with zero attached hydrogens (tertiary/aromatic N) is 1. The molecule has 0 aromatic rings. The molecule has 1 saturated heterocycles. The summed E-state index contributed by atoms with van der Waals surface area (Å²) in [6.07, 6.45) is 2.50. The fourth-order valence-corrected chi connectivity index (χ4v) is 1.48. The number of hydrazine groups is 1. The van der Waals surface area contributed by atoms with Crippen LogP contribution in [0.1, 0.15) is 32.6 Å². The molecular weight excluding hydrogens is 212 g/mol. The van der Waals surface area contributed by atoms with Crippen molar-refractivity contribution in [1.82, 2.24) is 10.4 Å². The third-order valence-corrected chi connectivity index (χ3v) is 2.43. The molecule has 1 aliphatic heterocycles. The normalized spacial score (nSPS) is 20.6. The molecule has 0 aliphatic carbocycles. The fraction of sp³-hybridized carbons (Fsp3) is 0.800. The van der Waals surface area contributed by atoms with E-state index in [-0.39, 0.29) is 0 Å². The number of rotatable bonds is 4. The van der Waals surface area contributed by atoms with E-state index in [0.717, 1.165) is 12.8 Å². The molecule has 0 aromatic carbocycles. The van der Waals surface area contributed by atoms with E-state index in [4.69, 9.17) is 9.84 Å². The van der Waals surface area contributed by atoms with E-state index in [1.807, 2.05) is 6.92 Å². The maximum atomic E-state index is 11.5. The molecule has 92 valence electrons. The van der Waals surface area contributed by atoms with Crippen molar-refractivity contribution in [3.05, 3.63) is 0 Å². The zero-order valence-electron chi connectivity index (χ0n) is 9.44. The first-order chi connectivity index (χ1) is 7.65. The van der Waals surface area contributed by atoms with Crippen molar-refractivity contribution in [3.63, 3.8) is 0 Å². The summed E-state index contributed by atoms with van der Waals surface area (Å²) in [4.78, 5) is 22.2. The van der Waals surface area contributed by atoms with E-state index in [0.29, 0.717) is 26.0 Å². The molecule has 1 rings (SSSR count). The molecule has 6 nitrogen and oxygen atoms in total. The first-order valence-electron chi connectivity index (χ1n) is 5.58. The smallest absolute Gasteiger partial charge is 0.424 e. The van der Waals surface area contributed by atoms with Gasteiger partial charge in [-0.25, -0.2) is 15.2 Å². The Morgan fingerprint density at radius 2 is 2.31 bits per heavy atom. The van der Waals surface area contributed by atoms with Gasteiger partial charge < -0.3 is 9.84 Å². The Morgan fingerprint density at radius 3 is 2.94 bits per heavy atom. The highest BCUT2D eigenvalue weighted by molar-refractivity contribution is 5.74. The summed E-state index contributed by atoms with van der Waals surface area (Å²) in [6.45, 7) is 2.88. The lowest BCUT2D eigenvalue weighted by Gasteiger charge is -2.30. The van der Waals surface area contributed by atoms with Crippen LogP contribution < -0.4 is 5.43 Å². The second-order valence-corrected chi connectivity index (χ2v) is 3.78. The van der Waals surface area contributed by atoms with Crippen LogP contribution >= 0.6 is 0 Å². The average molecular weight is 230 g/mol. The SMILES string of the molecule is CCCCOC(=O)N1CCCC(C(=O)O)N1. The lowest BCUT2D eigenvalue weighted by molar-refractivity contribution is -0.142. The second-order valence-electron chi connectivity index (χ2n) is 3.78. The zero-order valence-corrected chi connectivity index (χ0v) is 9.44. The summed E-state index contributed by atoms with van der Waals surface area (Å²) in [5, 5.41) is 10.1. The third kappa shape index (κ3) is 3.69. The summed E-state index contributed by atoms with van der Waals surface area (Å²) in [6, 6.07) is -0.688. The number of aliphatic carboxylic acids is 1. The summed E-state index contributed by atoms with van der Waals surface area (Å²) >= 11 is 0. The van der Waals surface area contributed by atoms with Gasteiger partial charge in [-0.2, -0.15) is 0 Å².